The maximum absolute atomic E-state index is 11.9. The summed E-state index contributed by atoms with van der Waals surface area (Å²) in [5.74, 6) is -0.654. The summed E-state index contributed by atoms with van der Waals surface area (Å²) in [4.78, 5) is 10.3. The van der Waals surface area contributed by atoms with Gasteiger partial charge < -0.3 is 4.74 Å². The molecular formula is C13H14Cl4N2O2. The van der Waals surface area contributed by atoms with Crippen LogP contribution in [-0.2, 0) is 9.53 Å². The molecule has 0 aliphatic rings. The molecule has 1 aromatic rings. The fourth-order valence-electron chi connectivity index (χ4n) is 1.53. The predicted molar refractivity (Wildman–Crippen MR) is 86.1 cm³/mol. The van der Waals surface area contributed by atoms with Crippen LogP contribution in [-0.4, -0.2) is 17.6 Å². The number of esters is 1. The smallest absolute Gasteiger partial charge is 0.351 e. The number of hydrogen-bond donors (Lipinski definition) is 0. The van der Waals surface area contributed by atoms with E-state index in [2.05, 4.69) is 10.2 Å². The van der Waals surface area contributed by atoms with Gasteiger partial charge >= 0.3 is 5.97 Å². The first-order valence-corrected chi connectivity index (χ1v) is 7.78. The van der Waals surface area contributed by atoms with Crippen LogP contribution in [0.1, 0.15) is 26.7 Å². The predicted octanol–water partition coefficient (Wildman–Crippen LogP) is 6.03. The molecule has 1 rings (SSSR count). The molecule has 0 saturated heterocycles. The third-order valence-electron chi connectivity index (χ3n) is 2.46. The van der Waals surface area contributed by atoms with Crippen molar-refractivity contribution in [1.29, 1.82) is 0 Å². The molecule has 1 atom stereocenters. The Bertz CT molecular complexity index is 528. The van der Waals surface area contributed by atoms with E-state index in [1.165, 1.54) is 12.1 Å². The number of benzene rings is 1. The molecule has 1 aromatic carbocycles. The molecular weight excluding hydrogens is 358 g/mol. The van der Waals surface area contributed by atoms with E-state index in [-0.39, 0.29) is 28.8 Å². The van der Waals surface area contributed by atoms with Crippen LogP contribution in [0.3, 0.4) is 0 Å². The van der Waals surface area contributed by atoms with E-state index < -0.39 is 11.0 Å². The van der Waals surface area contributed by atoms with Crippen LogP contribution in [0.2, 0.25) is 15.1 Å². The first-order valence-electron chi connectivity index (χ1n) is 6.27. The molecule has 0 radical (unpaired) electrons. The summed E-state index contributed by atoms with van der Waals surface area (Å²) < 4.78 is 4.92. The van der Waals surface area contributed by atoms with Crippen LogP contribution in [0.15, 0.2) is 22.4 Å². The van der Waals surface area contributed by atoms with Crippen molar-refractivity contribution in [2.24, 2.45) is 10.2 Å². The minimum Gasteiger partial charge on any atom is -0.463 e. The van der Waals surface area contributed by atoms with Crippen LogP contribution in [0.4, 0.5) is 5.69 Å². The van der Waals surface area contributed by atoms with Gasteiger partial charge in [0, 0.05) is 5.02 Å². The van der Waals surface area contributed by atoms with E-state index in [1.54, 1.807) is 6.92 Å². The summed E-state index contributed by atoms with van der Waals surface area (Å²) >= 11 is 24.0. The molecule has 0 N–H and O–H groups in total. The second-order valence-corrected chi connectivity index (χ2v) is 6.02. The number of alkyl halides is 1. The number of nitrogens with zero attached hydrogens (tertiary/aromatic N) is 2. The number of carbonyl (C=O) groups excluding carboxylic acids is 1. The fourth-order valence-corrected chi connectivity index (χ4v) is 2.70. The second kappa shape index (κ2) is 8.18. The Balaban J connectivity index is 3.12. The van der Waals surface area contributed by atoms with Gasteiger partial charge in [0.2, 0.25) is 0 Å². The third-order valence-corrected chi connectivity index (χ3v) is 3.67. The number of carbonyl (C=O) groups is 1. The molecule has 0 spiro atoms. The Hall–Kier alpha value is -0.550. The standard InChI is InChI=1S/C13H14Cl4N2O2/c1-3-5-13(17,12(20)21-4-2)19-18-11-9(15)6-8(14)7-10(11)16/h6-7H,3-5H2,1-2H3. The van der Waals surface area contributed by atoms with Gasteiger partial charge in [0.15, 0.2) is 0 Å². The quantitative estimate of drug-likeness (QED) is 0.265. The van der Waals surface area contributed by atoms with Gasteiger partial charge in [0.25, 0.3) is 5.00 Å². The summed E-state index contributed by atoms with van der Waals surface area (Å²) in [6.45, 7) is 3.76. The average molecular weight is 372 g/mol. The molecule has 1 unspecified atom stereocenters. The van der Waals surface area contributed by atoms with Gasteiger partial charge in [-0.15, -0.1) is 0 Å². The lowest BCUT2D eigenvalue weighted by Gasteiger charge is -2.18. The molecule has 0 saturated carbocycles. The highest BCUT2D eigenvalue weighted by Gasteiger charge is 2.37. The molecule has 0 bridgehead atoms. The van der Waals surface area contributed by atoms with Crippen LogP contribution in [0.25, 0.3) is 0 Å². The monoisotopic (exact) mass is 370 g/mol. The normalized spacial score (nSPS) is 14.2. The molecule has 0 fully saturated rings. The number of hydrogen-bond acceptors (Lipinski definition) is 4. The zero-order valence-corrected chi connectivity index (χ0v) is 14.5. The van der Waals surface area contributed by atoms with E-state index in [9.17, 15) is 4.79 Å². The summed E-state index contributed by atoms with van der Waals surface area (Å²) in [6, 6.07) is 2.95. The van der Waals surface area contributed by atoms with Gasteiger partial charge in [-0.2, -0.15) is 10.2 Å². The molecule has 116 valence electrons. The molecule has 0 aliphatic carbocycles. The zero-order valence-electron chi connectivity index (χ0n) is 11.5. The van der Waals surface area contributed by atoms with Crippen molar-refractivity contribution in [3.8, 4) is 0 Å². The van der Waals surface area contributed by atoms with E-state index in [4.69, 9.17) is 51.1 Å². The second-order valence-electron chi connectivity index (χ2n) is 4.15. The number of ether oxygens (including phenoxy) is 1. The summed E-state index contributed by atoms with van der Waals surface area (Å²) in [7, 11) is 0. The summed E-state index contributed by atoms with van der Waals surface area (Å²) in [6.07, 6.45) is 0.906. The molecule has 4 nitrogen and oxygen atoms in total. The Morgan fingerprint density at radius 2 is 1.81 bits per heavy atom. The van der Waals surface area contributed by atoms with Gasteiger partial charge in [-0.25, -0.2) is 4.79 Å². The SMILES string of the molecule is CCCC(Cl)(N=Nc1c(Cl)cc(Cl)cc1Cl)C(=O)OCC. The minimum absolute atomic E-state index is 0.202. The first kappa shape index (κ1) is 18.5. The largest absolute Gasteiger partial charge is 0.463 e. The first-order chi connectivity index (χ1) is 9.84. The molecule has 0 amide bonds. The number of halogens is 4. The average Bonchev–Trinajstić information content (AvgIpc) is 2.38. The topological polar surface area (TPSA) is 51.0 Å². The van der Waals surface area contributed by atoms with Crippen LogP contribution in [0.5, 0.6) is 0 Å². The highest BCUT2D eigenvalue weighted by Crippen LogP contribution is 2.38. The van der Waals surface area contributed by atoms with Gasteiger partial charge in [0.05, 0.1) is 16.7 Å². The van der Waals surface area contributed by atoms with Gasteiger partial charge in [-0.05, 0) is 25.5 Å². The van der Waals surface area contributed by atoms with Gasteiger partial charge in [0.1, 0.15) is 5.69 Å². The van der Waals surface area contributed by atoms with Crippen molar-refractivity contribution in [3.63, 3.8) is 0 Å². The van der Waals surface area contributed by atoms with E-state index in [1.807, 2.05) is 6.92 Å². The van der Waals surface area contributed by atoms with Gasteiger partial charge in [-0.1, -0.05) is 59.7 Å². The highest BCUT2D eigenvalue weighted by atomic mass is 35.5. The van der Waals surface area contributed by atoms with Crippen molar-refractivity contribution >= 4 is 58.1 Å². The maximum Gasteiger partial charge on any atom is 0.351 e. The highest BCUT2D eigenvalue weighted by molar-refractivity contribution is 6.41. The summed E-state index contributed by atoms with van der Waals surface area (Å²) in [5, 5.41) is 8.61. The van der Waals surface area contributed by atoms with Crippen molar-refractivity contribution in [3.05, 3.63) is 27.2 Å². The molecule has 0 aliphatic heterocycles. The Kier molecular flexibility index (Phi) is 7.21. The van der Waals surface area contributed by atoms with E-state index >= 15 is 0 Å². The van der Waals surface area contributed by atoms with Crippen molar-refractivity contribution < 1.29 is 9.53 Å². The molecule has 8 heteroatoms. The van der Waals surface area contributed by atoms with Gasteiger partial charge in [-0.3, -0.25) is 0 Å². The Labute approximate surface area is 143 Å². The van der Waals surface area contributed by atoms with Crippen molar-refractivity contribution in [1.82, 2.24) is 0 Å². The lowest BCUT2D eigenvalue weighted by Crippen LogP contribution is -2.32. The van der Waals surface area contributed by atoms with Crippen LogP contribution in [0, 0.1) is 0 Å². The molecule has 21 heavy (non-hydrogen) atoms. The number of rotatable bonds is 6. The molecule has 0 aromatic heterocycles. The Morgan fingerprint density at radius 1 is 1.24 bits per heavy atom. The van der Waals surface area contributed by atoms with Crippen molar-refractivity contribution in [2.45, 2.75) is 31.7 Å². The lowest BCUT2D eigenvalue weighted by atomic mass is 10.2. The third kappa shape index (κ3) is 4.99. The number of azo groups is 1. The fraction of sp³-hybridized carbons (Fsp3) is 0.462. The lowest BCUT2D eigenvalue weighted by molar-refractivity contribution is -0.146. The Morgan fingerprint density at radius 3 is 2.29 bits per heavy atom. The van der Waals surface area contributed by atoms with E-state index in [0.717, 1.165) is 0 Å². The zero-order chi connectivity index (χ0) is 16.0. The van der Waals surface area contributed by atoms with Crippen LogP contribution >= 0.6 is 46.4 Å². The summed E-state index contributed by atoms with van der Waals surface area (Å²) in [5.41, 5.74) is 0.202. The van der Waals surface area contributed by atoms with Crippen LogP contribution < -0.4 is 0 Å². The maximum atomic E-state index is 11.9. The molecule has 0 heterocycles. The minimum atomic E-state index is -1.59. The van der Waals surface area contributed by atoms with E-state index in [0.29, 0.717) is 11.4 Å². The van der Waals surface area contributed by atoms with Crippen molar-refractivity contribution in [2.75, 3.05) is 6.61 Å².